The van der Waals surface area contributed by atoms with Crippen molar-refractivity contribution >= 4 is 30.4 Å². The highest BCUT2D eigenvalue weighted by Gasteiger charge is 2.51. The largest absolute Gasteiger partial charge is 0.405 e. The van der Waals surface area contributed by atoms with Crippen molar-refractivity contribution in [2.45, 2.75) is 50.7 Å². The summed E-state index contributed by atoms with van der Waals surface area (Å²) < 4.78 is 14.5. The number of rotatable bonds is 8. The maximum atomic E-state index is 12.9. The van der Waals surface area contributed by atoms with E-state index in [2.05, 4.69) is 55.3 Å². The third kappa shape index (κ3) is 5.94. The predicted molar refractivity (Wildman–Crippen MR) is 161 cm³/mol. The number of carbonyl (C=O) groups excluding carboxylic acids is 1. The van der Waals surface area contributed by atoms with Crippen LogP contribution in [0.3, 0.4) is 0 Å². The Hall–Kier alpha value is -3.89. The second-order valence-electron chi connectivity index (χ2n) is 11.2. The molecule has 0 unspecified atom stereocenters. The maximum absolute atomic E-state index is 12.9. The minimum Gasteiger partial charge on any atom is -0.405 e. The molecule has 0 spiro atoms. The first kappa shape index (κ1) is 28.6. The van der Waals surface area contributed by atoms with E-state index in [0.29, 0.717) is 5.56 Å². The van der Waals surface area contributed by atoms with Crippen molar-refractivity contribution in [1.29, 1.82) is 0 Å². The van der Waals surface area contributed by atoms with E-state index in [4.69, 9.17) is 9.16 Å². The lowest BCUT2D eigenvalue weighted by atomic mass is 10.2. The summed E-state index contributed by atoms with van der Waals surface area (Å²) in [7, 11) is -2.82. The van der Waals surface area contributed by atoms with E-state index >= 15 is 0 Å². The topological polar surface area (TPSA) is 103 Å². The molecule has 2 N–H and O–H groups in total. The van der Waals surface area contributed by atoms with E-state index < -0.39 is 32.4 Å². The van der Waals surface area contributed by atoms with Crippen molar-refractivity contribution in [2.75, 3.05) is 11.9 Å². The van der Waals surface area contributed by atoms with Gasteiger partial charge in [-0.2, -0.15) is 4.98 Å². The van der Waals surface area contributed by atoms with Crippen LogP contribution in [0.2, 0.25) is 5.04 Å². The molecular formula is C32H35N3O5Si. The first-order valence-electron chi connectivity index (χ1n) is 13.7. The van der Waals surface area contributed by atoms with Gasteiger partial charge >= 0.3 is 5.69 Å². The zero-order valence-electron chi connectivity index (χ0n) is 23.4. The highest BCUT2D eigenvalue weighted by Crippen LogP contribution is 2.38. The lowest BCUT2D eigenvalue weighted by Gasteiger charge is -2.43. The highest BCUT2D eigenvalue weighted by molar-refractivity contribution is 6.99. The van der Waals surface area contributed by atoms with Crippen LogP contribution in [0, 0.1) is 0 Å². The summed E-state index contributed by atoms with van der Waals surface area (Å²) in [4.78, 5) is 29.4. The number of aliphatic hydroxyl groups is 1. The molecule has 1 fully saturated rings. The molecule has 0 bridgehead atoms. The molecule has 0 aliphatic carbocycles. The molecule has 8 nitrogen and oxygen atoms in total. The number of carbonyl (C=O) groups is 1. The monoisotopic (exact) mass is 569 g/mol. The van der Waals surface area contributed by atoms with Crippen LogP contribution in [0.4, 0.5) is 5.82 Å². The lowest BCUT2D eigenvalue weighted by Crippen LogP contribution is -2.67. The van der Waals surface area contributed by atoms with E-state index in [1.165, 1.54) is 10.8 Å². The zero-order valence-corrected chi connectivity index (χ0v) is 24.4. The molecule has 1 saturated heterocycles. The Labute approximate surface area is 240 Å². The fraction of sp³-hybridized carbons (Fsp3) is 0.281. The standard InChI is InChI=1S/C32H35N3O5Si/c1-32(2,3)41(24-15-9-5-10-16-24,25-17-11-6-12-18-25)39-22-27-26(36)21-29(40-27)35-20-19-28(34-31(35)38)33-30(37)23-13-7-4-8-14-23/h4-20,26-27,29,36H,21-22H2,1-3H3,(H,33,34,37,38)/t26-,27-,29-/m1/s1. The van der Waals surface area contributed by atoms with Gasteiger partial charge in [0.2, 0.25) is 0 Å². The summed E-state index contributed by atoms with van der Waals surface area (Å²) in [6, 6.07) is 30.8. The highest BCUT2D eigenvalue weighted by atomic mass is 28.4. The molecule has 3 atom stereocenters. The van der Waals surface area contributed by atoms with Crippen LogP contribution in [-0.2, 0) is 9.16 Å². The van der Waals surface area contributed by atoms with Gasteiger partial charge < -0.3 is 19.6 Å². The lowest BCUT2D eigenvalue weighted by molar-refractivity contribution is -0.0426. The molecule has 0 saturated carbocycles. The zero-order chi connectivity index (χ0) is 29.0. The van der Waals surface area contributed by atoms with Crippen molar-refractivity contribution in [3.05, 3.63) is 119 Å². The van der Waals surface area contributed by atoms with Crippen molar-refractivity contribution in [3.63, 3.8) is 0 Å². The number of ether oxygens (including phenoxy) is 1. The number of anilines is 1. The number of hydrogen-bond donors (Lipinski definition) is 2. The third-order valence-electron chi connectivity index (χ3n) is 7.50. The average molecular weight is 570 g/mol. The Balaban J connectivity index is 1.34. The van der Waals surface area contributed by atoms with Gasteiger partial charge in [-0.05, 0) is 33.6 Å². The number of amides is 1. The summed E-state index contributed by atoms with van der Waals surface area (Å²) in [6.45, 7) is 6.74. The molecule has 1 amide bonds. The third-order valence-corrected chi connectivity index (χ3v) is 12.5. The average Bonchev–Trinajstić information content (AvgIpc) is 3.34. The molecule has 212 valence electrons. The van der Waals surface area contributed by atoms with Crippen LogP contribution < -0.4 is 21.4 Å². The molecule has 9 heteroatoms. The van der Waals surface area contributed by atoms with Gasteiger partial charge in [-0.25, -0.2) is 4.79 Å². The Bertz CT molecular complexity index is 1480. The van der Waals surface area contributed by atoms with Crippen molar-refractivity contribution in [3.8, 4) is 0 Å². The van der Waals surface area contributed by atoms with Gasteiger partial charge in [-0.3, -0.25) is 9.36 Å². The summed E-state index contributed by atoms with van der Waals surface area (Å²) in [5.41, 5.74) is -0.119. The van der Waals surface area contributed by atoms with E-state index in [-0.39, 0.29) is 29.8 Å². The molecule has 1 aromatic heterocycles. The van der Waals surface area contributed by atoms with Crippen LogP contribution >= 0.6 is 0 Å². The molecule has 1 aliphatic rings. The molecule has 41 heavy (non-hydrogen) atoms. The van der Waals surface area contributed by atoms with Gasteiger partial charge in [-0.15, -0.1) is 0 Å². The fourth-order valence-corrected chi connectivity index (χ4v) is 10.1. The summed E-state index contributed by atoms with van der Waals surface area (Å²) in [5.74, 6) is -0.214. The molecule has 3 aromatic carbocycles. The Morgan fingerprint density at radius 3 is 2.07 bits per heavy atom. The van der Waals surface area contributed by atoms with Gasteiger partial charge in [0.15, 0.2) is 0 Å². The van der Waals surface area contributed by atoms with Crippen LogP contribution in [0.25, 0.3) is 0 Å². The van der Waals surface area contributed by atoms with E-state index in [1.807, 2.05) is 42.5 Å². The van der Waals surface area contributed by atoms with Gasteiger partial charge in [0.1, 0.15) is 18.1 Å². The van der Waals surface area contributed by atoms with E-state index in [1.54, 1.807) is 30.3 Å². The normalized spacial score (nSPS) is 19.2. The molecule has 2 heterocycles. The van der Waals surface area contributed by atoms with Gasteiger partial charge in [0, 0.05) is 18.2 Å². The second kappa shape index (κ2) is 11.9. The van der Waals surface area contributed by atoms with Crippen LogP contribution in [-0.4, -0.2) is 47.7 Å². The van der Waals surface area contributed by atoms with Gasteiger partial charge in [-0.1, -0.05) is 99.6 Å². The van der Waals surface area contributed by atoms with E-state index in [0.717, 1.165) is 10.4 Å². The summed E-state index contributed by atoms with van der Waals surface area (Å²) in [5, 5.41) is 15.7. The SMILES string of the molecule is CC(C)(C)[Si](OC[C@H]1O[C@@H](n2ccc(NC(=O)c3ccccc3)nc2=O)C[C@H]1O)(c1ccccc1)c1ccccc1. The molecule has 1 aliphatic heterocycles. The molecule has 0 radical (unpaired) electrons. The van der Waals surface area contributed by atoms with E-state index in [9.17, 15) is 14.7 Å². The van der Waals surface area contributed by atoms with Gasteiger partial charge in [0.05, 0.1) is 12.7 Å². The van der Waals surface area contributed by atoms with Gasteiger partial charge in [0.25, 0.3) is 14.2 Å². The minimum atomic E-state index is -2.82. The van der Waals surface area contributed by atoms with Crippen LogP contribution in [0.15, 0.2) is 108 Å². The predicted octanol–water partition coefficient (Wildman–Crippen LogP) is 3.72. The Morgan fingerprint density at radius 1 is 0.976 bits per heavy atom. The summed E-state index contributed by atoms with van der Waals surface area (Å²) >= 11 is 0. The molecule has 5 rings (SSSR count). The molecular weight excluding hydrogens is 534 g/mol. The quantitative estimate of drug-likeness (QED) is 0.314. The minimum absolute atomic E-state index is 0.144. The second-order valence-corrected chi connectivity index (χ2v) is 15.5. The van der Waals surface area contributed by atoms with Crippen molar-refractivity contribution in [1.82, 2.24) is 9.55 Å². The maximum Gasteiger partial charge on any atom is 0.351 e. The number of hydrogen-bond acceptors (Lipinski definition) is 6. The number of aliphatic hydroxyl groups excluding tert-OH is 1. The number of aromatic nitrogens is 2. The number of nitrogens with one attached hydrogen (secondary N) is 1. The van der Waals surface area contributed by atoms with Crippen molar-refractivity contribution < 1.29 is 19.1 Å². The first-order chi connectivity index (χ1) is 19.7. The summed E-state index contributed by atoms with van der Waals surface area (Å²) in [6.07, 6.45) is -0.435. The van der Waals surface area contributed by atoms with Crippen molar-refractivity contribution in [2.24, 2.45) is 0 Å². The fourth-order valence-electron chi connectivity index (χ4n) is 5.48. The Kier molecular flexibility index (Phi) is 8.32. The first-order valence-corrected chi connectivity index (χ1v) is 15.6. The smallest absolute Gasteiger partial charge is 0.351 e. The Morgan fingerprint density at radius 2 is 1.54 bits per heavy atom. The van der Waals surface area contributed by atoms with Crippen LogP contribution in [0.5, 0.6) is 0 Å². The number of benzene rings is 3. The van der Waals surface area contributed by atoms with Crippen LogP contribution in [0.1, 0.15) is 43.8 Å². The molecule has 4 aromatic rings. The number of nitrogens with zero attached hydrogens (tertiary/aromatic N) is 2.